The fraction of sp³-hybridized carbons (Fsp3) is 0.588. The molecule has 0 heterocycles. The highest BCUT2D eigenvalue weighted by molar-refractivity contribution is 5.77. The number of nitrogens with one attached hydrogen (secondary N) is 1. The van der Waals surface area contributed by atoms with Crippen molar-refractivity contribution < 1.29 is 32.5 Å². The first-order valence-electron chi connectivity index (χ1n) is 7.74. The van der Waals surface area contributed by atoms with E-state index in [0.717, 1.165) is 0 Å². The van der Waals surface area contributed by atoms with Crippen LogP contribution in [0.1, 0.15) is 38.8 Å². The van der Waals surface area contributed by atoms with Gasteiger partial charge in [-0.25, -0.2) is 0 Å². The van der Waals surface area contributed by atoms with Crippen molar-refractivity contribution in [2.75, 3.05) is 13.7 Å². The normalized spacial score (nSPS) is 14.7. The van der Waals surface area contributed by atoms with Crippen LogP contribution in [0.25, 0.3) is 0 Å². The summed E-state index contributed by atoms with van der Waals surface area (Å²) in [5, 5.41) is 12.7. The molecular formula is C17H24F3NO4. The third-order valence-electron chi connectivity index (χ3n) is 3.54. The van der Waals surface area contributed by atoms with Crippen LogP contribution in [0, 0.1) is 5.41 Å². The van der Waals surface area contributed by atoms with E-state index in [0.29, 0.717) is 5.56 Å². The number of amides is 1. The third-order valence-corrected chi connectivity index (χ3v) is 3.54. The minimum Gasteiger partial charge on any atom is -0.406 e. The van der Waals surface area contributed by atoms with Crippen LogP contribution in [0.15, 0.2) is 24.3 Å². The number of carbonyl (C=O) groups is 1. The molecule has 0 fully saturated rings. The molecule has 0 bridgehead atoms. The van der Waals surface area contributed by atoms with E-state index in [-0.39, 0.29) is 18.8 Å². The summed E-state index contributed by atoms with van der Waals surface area (Å²) in [4.78, 5) is 12.1. The molecule has 0 aromatic heterocycles. The summed E-state index contributed by atoms with van der Waals surface area (Å²) in [6.45, 7) is 5.47. The number of aliphatic hydroxyl groups is 1. The fourth-order valence-corrected chi connectivity index (χ4v) is 2.05. The van der Waals surface area contributed by atoms with Crippen molar-refractivity contribution in [2.24, 2.45) is 5.41 Å². The van der Waals surface area contributed by atoms with Crippen LogP contribution in [0.3, 0.4) is 0 Å². The van der Waals surface area contributed by atoms with Gasteiger partial charge >= 0.3 is 6.36 Å². The van der Waals surface area contributed by atoms with E-state index in [2.05, 4.69) is 10.1 Å². The van der Waals surface area contributed by atoms with Crippen molar-refractivity contribution in [2.45, 2.75) is 45.7 Å². The van der Waals surface area contributed by atoms with E-state index >= 15 is 0 Å². The molecular weight excluding hydrogens is 339 g/mol. The number of rotatable bonds is 7. The number of halogens is 3. The average molecular weight is 363 g/mol. The second-order valence-electron chi connectivity index (χ2n) is 6.78. The molecule has 0 aliphatic heterocycles. The Labute approximate surface area is 145 Å². The lowest BCUT2D eigenvalue weighted by Gasteiger charge is -2.26. The summed E-state index contributed by atoms with van der Waals surface area (Å²) >= 11 is 0. The van der Waals surface area contributed by atoms with Crippen LogP contribution in [-0.2, 0) is 9.53 Å². The monoisotopic (exact) mass is 363 g/mol. The van der Waals surface area contributed by atoms with E-state index in [4.69, 9.17) is 4.74 Å². The highest BCUT2D eigenvalue weighted by Gasteiger charge is 2.31. The Bertz CT molecular complexity index is 570. The minimum atomic E-state index is -4.80. The van der Waals surface area contributed by atoms with Gasteiger partial charge in [-0.2, -0.15) is 0 Å². The minimum absolute atomic E-state index is 0.0623. The van der Waals surface area contributed by atoms with E-state index in [9.17, 15) is 23.1 Å². The van der Waals surface area contributed by atoms with Crippen molar-refractivity contribution in [3.63, 3.8) is 0 Å². The van der Waals surface area contributed by atoms with Gasteiger partial charge < -0.3 is 19.9 Å². The molecule has 1 amide bonds. The Morgan fingerprint density at radius 1 is 1.28 bits per heavy atom. The lowest BCUT2D eigenvalue weighted by Crippen LogP contribution is -2.37. The summed E-state index contributed by atoms with van der Waals surface area (Å²) in [6, 6.07) is 4.66. The van der Waals surface area contributed by atoms with Gasteiger partial charge in [0.25, 0.3) is 0 Å². The van der Waals surface area contributed by atoms with Crippen LogP contribution < -0.4 is 10.1 Å². The number of hydrogen-bond acceptors (Lipinski definition) is 4. The van der Waals surface area contributed by atoms with Crippen molar-refractivity contribution in [3.05, 3.63) is 29.8 Å². The predicted octanol–water partition coefficient (Wildman–Crippen LogP) is 3.19. The number of carbonyl (C=O) groups excluding carboxylic acids is 1. The predicted molar refractivity (Wildman–Crippen MR) is 86.0 cm³/mol. The third kappa shape index (κ3) is 7.74. The zero-order chi connectivity index (χ0) is 19.3. The largest absolute Gasteiger partial charge is 0.573 e. The fourth-order valence-electron chi connectivity index (χ4n) is 2.05. The van der Waals surface area contributed by atoms with Gasteiger partial charge in [-0.15, -0.1) is 13.2 Å². The Balaban J connectivity index is 2.86. The van der Waals surface area contributed by atoms with E-state index in [1.807, 2.05) is 0 Å². The number of ether oxygens (including phenoxy) is 2. The first-order valence-corrected chi connectivity index (χ1v) is 7.74. The zero-order valence-electron chi connectivity index (χ0n) is 14.7. The molecule has 5 nitrogen and oxygen atoms in total. The molecule has 8 heteroatoms. The van der Waals surface area contributed by atoms with E-state index < -0.39 is 29.8 Å². The van der Waals surface area contributed by atoms with Crippen molar-refractivity contribution in [1.82, 2.24) is 5.32 Å². The lowest BCUT2D eigenvalue weighted by atomic mass is 9.87. The molecule has 25 heavy (non-hydrogen) atoms. The van der Waals surface area contributed by atoms with Crippen LogP contribution in [-0.4, -0.2) is 37.2 Å². The maximum atomic E-state index is 12.3. The van der Waals surface area contributed by atoms with Crippen molar-refractivity contribution in [1.29, 1.82) is 0 Å². The molecule has 0 unspecified atom stereocenters. The van der Waals surface area contributed by atoms with Crippen LogP contribution in [0.4, 0.5) is 13.2 Å². The standard InChI is InChI=1S/C17H24F3NO4/c1-16(2,3)14(22)9-15(23)21-13(10-24-4)11-6-5-7-12(8-11)25-17(18,19)20/h5-8,13-14,22H,9-10H2,1-4H3,(H,21,23)/t13-,14+/m0/s1. The van der Waals surface area contributed by atoms with Gasteiger partial charge in [0.1, 0.15) is 5.75 Å². The molecule has 1 rings (SSSR count). The Hall–Kier alpha value is -1.80. The van der Waals surface area contributed by atoms with Crippen LogP contribution in [0.2, 0.25) is 0 Å². The SMILES string of the molecule is COC[C@H](NC(=O)C[C@@H](O)C(C)(C)C)c1cccc(OC(F)(F)F)c1. The van der Waals surface area contributed by atoms with Gasteiger partial charge in [0, 0.05) is 7.11 Å². The van der Waals surface area contributed by atoms with Crippen LogP contribution in [0.5, 0.6) is 5.75 Å². The maximum absolute atomic E-state index is 12.3. The van der Waals surface area contributed by atoms with Crippen LogP contribution >= 0.6 is 0 Å². The quantitative estimate of drug-likeness (QED) is 0.781. The van der Waals surface area contributed by atoms with Gasteiger partial charge in [0.05, 0.1) is 25.2 Å². The van der Waals surface area contributed by atoms with Gasteiger partial charge in [0.15, 0.2) is 0 Å². The van der Waals surface area contributed by atoms with Gasteiger partial charge in [-0.1, -0.05) is 32.9 Å². The van der Waals surface area contributed by atoms with E-state index in [1.165, 1.54) is 25.3 Å². The smallest absolute Gasteiger partial charge is 0.406 e. The Morgan fingerprint density at radius 2 is 1.92 bits per heavy atom. The topological polar surface area (TPSA) is 67.8 Å². The number of alkyl halides is 3. The number of aliphatic hydroxyl groups excluding tert-OH is 1. The summed E-state index contributed by atoms with van der Waals surface area (Å²) in [6.07, 6.45) is -5.77. The molecule has 0 saturated heterocycles. The Morgan fingerprint density at radius 3 is 2.44 bits per heavy atom. The second kappa shape index (κ2) is 8.53. The second-order valence-corrected chi connectivity index (χ2v) is 6.78. The molecule has 0 spiro atoms. The summed E-state index contributed by atoms with van der Waals surface area (Å²) in [5.74, 6) is -0.804. The van der Waals surface area contributed by atoms with Gasteiger partial charge in [-0.05, 0) is 23.1 Å². The van der Waals surface area contributed by atoms with Crippen molar-refractivity contribution >= 4 is 5.91 Å². The van der Waals surface area contributed by atoms with Gasteiger partial charge in [0.2, 0.25) is 5.91 Å². The first-order chi connectivity index (χ1) is 11.4. The summed E-state index contributed by atoms with van der Waals surface area (Å²) in [7, 11) is 1.42. The average Bonchev–Trinajstić information content (AvgIpc) is 2.44. The molecule has 0 radical (unpaired) electrons. The lowest BCUT2D eigenvalue weighted by molar-refractivity contribution is -0.274. The molecule has 0 saturated carbocycles. The number of methoxy groups -OCH3 is 1. The first kappa shape index (κ1) is 21.2. The molecule has 2 atom stereocenters. The van der Waals surface area contributed by atoms with Crippen molar-refractivity contribution in [3.8, 4) is 5.75 Å². The number of hydrogen-bond donors (Lipinski definition) is 2. The highest BCUT2D eigenvalue weighted by atomic mass is 19.4. The molecule has 2 N–H and O–H groups in total. The Kier molecular flexibility index (Phi) is 7.25. The molecule has 0 aliphatic rings. The number of benzene rings is 1. The molecule has 142 valence electrons. The summed E-state index contributed by atoms with van der Waals surface area (Å²) < 4.78 is 46.0. The molecule has 1 aromatic carbocycles. The highest BCUT2D eigenvalue weighted by Crippen LogP contribution is 2.26. The molecule has 0 aliphatic carbocycles. The zero-order valence-corrected chi connectivity index (χ0v) is 14.7. The maximum Gasteiger partial charge on any atom is 0.573 e. The molecule has 1 aromatic rings. The van der Waals surface area contributed by atoms with E-state index in [1.54, 1.807) is 26.8 Å². The summed E-state index contributed by atoms with van der Waals surface area (Å²) in [5.41, 5.74) is -0.0589. The van der Waals surface area contributed by atoms with Gasteiger partial charge in [-0.3, -0.25) is 4.79 Å².